The number of aromatic nitrogens is 5. The SMILES string of the molecule is NC(=O)/C(=C/n1cnn(-c2cc(Cl)cc(C(F)(F)F)c2)c1=O)c1cncnc1. The summed E-state index contributed by atoms with van der Waals surface area (Å²) in [6, 6.07) is 2.61. The number of amides is 1. The number of alkyl halides is 3. The van der Waals surface area contributed by atoms with E-state index in [0.29, 0.717) is 4.68 Å². The molecule has 1 aromatic carbocycles. The number of primary amides is 1. The average Bonchev–Trinajstić information content (AvgIpc) is 2.99. The first-order valence-electron chi connectivity index (χ1n) is 7.48. The molecule has 0 saturated carbocycles. The zero-order chi connectivity index (χ0) is 20.5. The van der Waals surface area contributed by atoms with Gasteiger partial charge >= 0.3 is 11.9 Å². The van der Waals surface area contributed by atoms with Crippen LogP contribution < -0.4 is 11.4 Å². The van der Waals surface area contributed by atoms with Crippen molar-refractivity contribution in [3.63, 3.8) is 0 Å². The Labute approximate surface area is 159 Å². The molecule has 0 bridgehead atoms. The standard InChI is InChI=1S/C16H10ClF3N6O2/c17-11-1-10(16(18,19)20)2-12(3-11)26-15(28)25(8-24-26)6-13(14(21)27)9-4-22-7-23-5-9/h1-8H,(H2,21,27)/b13-6+. The molecular weight excluding hydrogens is 401 g/mol. The Kier molecular flexibility index (Phi) is 5.01. The number of carbonyl (C=O) groups is 1. The van der Waals surface area contributed by atoms with Crippen LogP contribution in [0.15, 0.2) is 48.0 Å². The van der Waals surface area contributed by atoms with E-state index in [0.717, 1.165) is 35.3 Å². The van der Waals surface area contributed by atoms with Gasteiger partial charge in [-0.1, -0.05) is 11.6 Å². The van der Waals surface area contributed by atoms with Gasteiger partial charge in [0.2, 0.25) is 0 Å². The van der Waals surface area contributed by atoms with E-state index in [1.807, 2.05) is 0 Å². The Morgan fingerprint density at radius 2 is 1.86 bits per heavy atom. The highest BCUT2D eigenvalue weighted by atomic mass is 35.5. The van der Waals surface area contributed by atoms with Gasteiger partial charge < -0.3 is 5.73 Å². The van der Waals surface area contributed by atoms with Crippen LogP contribution >= 0.6 is 11.6 Å². The Balaban J connectivity index is 2.09. The van der Waals surface area contributed by atoms with Gasteiger partial charge in [-0.15, -0.1) is 0 Å². The first-order chi connectivity index (χ1) is 13.2. The van der Waals surface area contributed by atoms with Gasteiger partial charge in [0.25, 0.3) is 5.91 Å². The average molecular weight is 411 g/mol. The van der Waals surface area contributed by atoms with E-state index in [1.54, 1.807) is 0 Å². The van der Waals surface area contributed by atoms with Crippen molar-refractivity contribution < 1.29 is 18.0 Å². The number of hydrogen-bond acceptors (Lipinski definition) is 5. The van der Waals surface area contributed by atoms with E-state index in [9.17, 15) is 22.8 Å². The normalized spacial score (nSPS) is 12.2. The maximum atomic E-state index is 13.0. The third kappa shape index (κ3) is 3.93. The second-order valence-corrected chi connectivity index (χ2v) is 5.90. The summed E-state index contributed by atoms with van der Waals surface area (Å²) in [5, 5.41) is 3.55. The molecule has 1 amide bonds. The first kappa shape index (κ1) is 19.3. The van der Waals surface area contributed by atoms with Gasteiger partial charge in [-0.25, -0.2) is 14.8 Å². The molecule has 3 aromatic rings. The molecule has 0 unspecified atom stereocenters. The van der Waals surface area contributed by atoms with Gasteiger partial charge in [-0.2, -0.15) is 23.0 Å². The number of nitrogens with two attached hydrogens (primary N) is 1. The predicted molar refractivity (Wildman–Crippen MR) is 93.2 cm³/mol. The largest absolute Gasteiger partial charge is 0.416 e. The molecule has 3 rings (SSSR count). The maximum absolute atomic E-state index is 13.0. The van der Waals surface area contributed by atoms with Crippen molar-refractivity contribution in [1.82, 2.24) is 24.3 Å². The Hall–Kier alpha value is -3.47. The fraction of sp³-hybridized carbons (Fsp3) is 0.0625. The van der Waals surface area contributed by atoms with Crippen LogP contribution in [0.25, 0.3) is 17.5 Å². The molecule has 0 fully saturated rings. The van der Waals surface area contributed by atoms with Crippen LogP contribution in [0.4, 0.5) is 13.2 Å². The maximum Gasteiger partial charge on any atom is 0.416 e. The van der Waals surface area contributed by atoms with Crippen molar-refractivity contribution in [2.75, 3.05) is 0 Å². The number of carbonyl (C=O) groups excluding carboxylic acids is 1. The quantitative estimate of drug-likeness (QED) is 0.661. The monoisotopic (exact) mass is 410 g/mol. The third-order valence-corrected chi connectivity index (χ3v) is 3.77. The highest BCUT2D eigenvalue weighted by Crippen LogP contribution is 2.32. The molecule has 0 saturated heterocycles. The lowest BCUT2D eigenvalue weighted by Crippen LogP contribution is -2.23. The van der Waals surface area contributed by atoms with Gasteiger partial charge in [0.15, 0.2) is 0 Å². The zero-order valence-electron chi connectivity index (χ0n) is 13.8. The minimum absolute atomic E-state index is 0.0932. The Morgan fingerprint density at radius 1 is 1.18 bits per heavy atom. The first-order valence-corrected chi connectivity index (χ1v) is 7.86. The summed E-state index contributed by atoms with van der Waals surface area (Å²) in [5.74, 6) is -0.864. The summed E-state index contributed by atoms with van der Waals surface area (Å²) >= 11 is 5.73. The molecule has 28 heavy (non-hydrogen) atoms. The highest BCUT2D eigenvalue weighted by Gasteiger charge is 2.31. The Morgan fingerprint density at radius 3 is 2.46 bits per heavy atom. The molecular formula is C16H10ClF3N6O2. The summed E-state index contributed by atoms with van der Waals surface area (Å²) in [4.78, 5) is 31.8. The van der Waals surface area contributed by atoms with Crippen molar-refractivity contribution in [1.29, 1.82) is 0 Å². The van der Waals surface area contributed by atoms with Gasteiger partial charge in [0.1, 0.15) is 12.7 Å². The zero-order valence-corrected chi connectivity index (χ0v) is 14.5. The lowest BCUT2D eigenvalue weighted by Gasteiger charge is -2.09. The number of benzene rings is 1. The van der Waals surface area contributed by atoms with Crippen LogP contribution in [0, 0.1) is 0 Å². The van der Waals surface area contributed by atoms with E-state index < -0.39 is 23.3 Å². The molecule has 0 atom stereocenters. The van der Waals surface area contributed by atoms with E-state index in [-0.39, 0.29) is 21.8 Å². The molecule has 12 heteroatoms. The van der Waals surface area contributed by atoms with Gasteiger partial charge in [0.05, 0.1) is 16.8 Å². The highest BCUT2D eigenvalue weighted by molar-refractivity contribution is 6.30. The van der Waals surface area contributed by atoms with Crippen molar-refractivity contribution >= 4 is 29.3 Å². The Bertz CT molecular complexity index is 1120. The molecule has 8 nitrogen and oxygen atoms in total. The smallest absolute Gasteiger partial charge is 0.366 e. The summed E-state index contributed by atoms with van der Waals surface area (Å²) in [6.45, 7) is 0. The second kappa shape index (κ2) is 7.27. The van der Waals surface area contributed by atoms with Gasteiger partial charge in [0, 0.05) is 29.2 Å². The number of hydrogen-bond donors (Lipinski definition) is 1. The lowest BCUT2D eigenvalue weighted by molar-refractivity contribution is -0.137. The number of nitrogens with zero attached hydrogens (tertiary/aromatic N) is 5. The van der Waals surface area contributed by atoms with E-state index in [2.05, 4.69) is 15.1 Å². The van der Waals surface area contributed by atoms with Crippen LogP contribution in [0.3, 0.4) is 0 Å². The number of rotatable bonds is 4. The van der Waals surface area contributed by atoms with Crippen molar-refractivity contribution in [2.24, 2.45) is 5.73 Å². The van der Waals surface area contributed by atoms with E-state index in [1.165, 1.54) is 18.7 Å². The second-order valence-electron chi connectivity index (χ2n) is 5.46. The van der Waals surface area contributed by atoms with E-state index >= 15 is 0 Å². The van der Waals surface area contributed by atoms with Crippen LogP contribution in [-0.4, -0.2) is 30.2 Å². The molecule has 0 radical (unpaired) electrons. The molecule has 144 valence electrons. The van der Waals surface area contributed by atoms with Crippen LogP contribution in [0.5, 0.6) is 0 Å². The van der Waals surface area contributed by atoms with Gasteiger partial charge in [-0.3, -0.25) is 9.36 Å². The predicted octanol–water partition coefficient (Wildman–Crippen LogP) is 1.98. The minimum atomic E-state index is -4.65. The van der Waals surface area contributed by atoms with Crippen molar-refractivity contribution in [3.8, 4) is 5.69 Å². The molecule has 2 aromatic heterocycles. The van der Waals surface area contributed by atoms with Gasteiger partial charge in [-0.05, 0) is 18.2 Å². The molecule has 0 aliphatic rings. The van der Waals surface area contributed by atoms with Crippen LogP contribution in [0.1, 0.15) is 11.1 Å². The molecule has 2 heterocycles. The molecule has 0 spiro atoms. The topological polar surface area (TPSA) is 109 Å². The van der Waals surface area contributed by atoms with E-state index in [4.69, 9.17) is 17.3 Å². The lowest BCUT2D eigenvalue weighted by atomic mass is 10.1. The minimum Gasteiger partial charge on any atom is -0.366 e. The van der Waals surface area contributed by atoms with Crippen molar-refractivity contribution in [3.05, 3.63) is 69.9 Å². The summed E-state index contributed by atoms with van der Waals surface area (Å²) in [6.07, 6.45) is 1.31. The fourth-order valence-corrected chi connectivity index (χ4v) is 2.53. The van der Waals surface area contributed by atoms with Crippen LogP contribution in [0.2, 0.25) is 5.02 Å². The molecule has 2 N–H and O–H groups in total. The molecule has 0 aliphatic carbocycles. The summed E-state index contributed by atoms with van der Waals surface area (Å²) in [5.41, 5.74) is 3.41. The number of halogens is 4. The fourth-order valence-electron chi connectivity index (χ4n) is 2.30. The summed E-state index contributed by atoms with van der Waals surface area (Å²) < 4.78 is 40.5. The van der Waals surface area contributed by atoms with Crippen LogP contribution in [-0.2, 0) is 11.0 Å². The molecule has 0 aliphatic heterocycles. The third-order valence-electron chi connectivity index (χ3n) is 3.55. The van der Waals surface area contributed by atoms with Crippen molar-refractivity contribution in [2.45, 2.75) is 6.18 Å². The summed E-state index contributed by atoms with van der Waals surface area (Å²) in [7, 11) is 0.